The van der Waals surface area contributed by atoms with Gasteiger partial charge in [-0.25, -0.2) is 9.97 Å². The lowest BCUT2D eigenvalue weighted by Crippen LogP contribution is -2.56. The summed E-state index contributed by atoms with van der Waals surface area (Å²) in [6.45, 7) is 3.83. The third kappa shape index (κ3) is 1.66. The van der Waals surface area contributed by atoms with Gasteiger partial charge in [0.1, 0.15) is 0 Å². The van der Waals surface area contributed by atoms with E-state index in [9.17, 15) is 0 Å². The van der Waals surface area contributed by atoms with E-state index < -0.39 is 0 Å². The van der Waals surface area contributed by atoms with Gasteiger partial charge in [0.2, 0.25) is 5.95 Å². The molecule has 1 aromatic heterocycles. The number of rotatable bonds is 1. The smallest absolute Gasteiger partial charge is 0.225 e. The molecule has 2 aliphatic heterocycles. The SMILES string of the molecule is CN1CCc2nc(N3CC(N)C3)ncc2C1. The first kappa shape index (κ1) is 9.99. The van der Waals surface area contributed by atoms with E-state index >= 15 is 0 Å². The van der Waals surface area contributed by atoms with Crippen molar-refractivity contribution in [3.8, 4) is 0 Å². The fraction of sp³-hybridized carbons (Fsp3) is 0.636. The molecule has 5 heteroatoms. The molecule has 0 bridgehead atoms. The Morgan fingerprint density at radius 3 is 3.00 bits per heavy atom. The van der Waals surface area contributed by atoms with Crippen LogP contribution < -0.4 is 10.6 Å². The Morgan fingerprint density at radius 1 is 1.44 bits per heavy atom. The van der Waals surface area contributed by atoms with E-state index in [-0.39, 0.29) is 0 Å². The third-order valence-corrected chi connectivity index (χ3v) is 3.30. The highest BCUT2D eigenvalue weighted by Crippen LogP contribution is 2.20. The lowest BCUT2D eigenvalue weighted by molar-refractivity contribution is 0.309. The zero-order valence-electron chi connectivity index (χ0n) is 9.56. The maximum Gasteiger partial charge on any atom is 0.225 e. The zero-order valence-corrected chi connectivity index (χ0v) is 9.56. The molecule has 0 atom stereocenters. The molecule has 3 rings (SSSR count). The molecule has 1 saturated heterocycles. The Bertz CT molecular complexity index is 399. The second kappa shape index (κ2) is 3.68. The van der Waals surface area contributed by atoms with Crippen LogP contribution in [0.4, 0.5) is 5.95 Å². The minimum Gasteiger partial charge on any atom is -0.338 e. The van der Waals surface area contributed by atoms with Crippen LogP contribution >= 0.6 is 0 Å². The van der Waals surface area contributed by atoms with Crippen LogP contribution in [-0.2, 0) is 13.0 Å². The van der Waals surface area contributed by atoms with Gasteiger partial charge in [-0.1, -0.05) is 0 Å². The highest BCUT2D eigenvalue weighted by molar-refractivity contribution is 5.38. The van der Waals surface area contributed by atoms with Gasteiger partial charge in [-0.2, -0.15) is 0 Å². The molecule has 1 aromatic rings. The molecule has 1 fully saturated rings. The van der Waals surface area contributed by atoms with Gasteiger partial charge in [0.05, 0.1) is 5.69 Å². The van der Waals surface area contributed by atoms with E-state index in [1.165, 1.54) is 11.3 Å². The van der Waals surface area contributed by atoms with Crippen molar-refractivity contribution in [2.24, 2.45) is 5.73 Å². The summed E-state index contributed by atoms with van der Waals surface area (Å²) in [6, 6.07) is 0.297. The molecular formula is C11H17N5. The quantitative estimate of drug-likeness (QED) is 0.697. The first-order valence-electron chi connectivity index (χ1n) is 5.76. The molecule has 0 unspecified atom stereocenters. The maximum absolute atomic E-state index is 5.76. The minimum absolute atomic E-state index is 0.297. The number of fused-ring (bicyclic) bond motifs is 1. The largest absolute Gasteiger partial charge is 0.338 e. The van der Waals surface area contributed by atoms with Crippen molar-refractivity contribution in [3.63, 3.8) is 0 Å². The molecule has 0 aliphatic carbocycles. The molecular weight excluding hydrogens is 202 g/mol. The Morgan fingerprint density at radius 2 is 2.25 bits per heavy atom. The molecule has 5 nitrogen and oxygen atoms in total. The van der Waals surface area contributed by atoms with Gasteiger partial charge in [-0.15, -0.1) is 0 Å². The van der Waals surface area contributed by atoms with Gasteiger partial charge in [-0.05, 0) is 7.05 Å². The highest BCUT2D eigenvalue weighted by Gasteiger charge is 2.26. The lowest BCUT2D eigenvalue weighted by Gasteiger charge is -2.37. The monoisotopic (exact) mass is 219 g/mol. The summed E-state index contributed by atoms with van der Waals surface area (Å²) in [5, 5.41) is 0. The van der Waals surface area contributed by atoms with Crippen molar-refractivity contribution in [2.45, 2.75) is 19.0 Å². The van der Waals surface area contributed by atoms with Crippen molar-refractivity contribution < 1.29 is 0 Å². The number of nitrogens with zero attached hydrogens (tertiary/aromatic N) is 4. The van der Waals surface area contributed by atoms with Crippen LogP contribution in [0, 0.1) is 0 Å². The number of likely N-dealkylation sites (N-methyl/N-ethyl adjacent to an activating group) is 1. The Kier molecular flexibility index (Phi) is 2.29. The summed E-state index contributed by atoms with van der Waals surface area (Å²) in [6.07, 6.45) is 3.00. The average molecular weight is 219 g/mol. The standard InChI is InChI=1S/C11H17N5/c1-15-3-2-10-8(5-15)4-13-11(14-10)16-6-9(12)7-16/h4,9H,2-3,5-7,12H2,1H3. The summed E-state index contributed by atoms with van der Waals surface area (Å²) in [7, 11) is 2.13. The summed E-state index contributed by atoms with van der Waals surface area (Å²) < 4.78 is 0. The van der Waals surface area contributed by atoms with Crippen LogP contribution in [0.2, 0.25) is 0 Å². The van der Waals surface area contributed by atoms with Gasteiger partial charge in [0.25, 0.3) is 0 Å². The van der Waals surface area contributed by atoms with E-state index in [4.69, 9.17) is 5.73 Å². The zero-order chi connectivity index (χ0) is 11.1. The number of nitrogens with two attached hydrogens (primary N) is 1. The highest BCUT2D eigenvalue weighted by atomic mass is 15.3. The van der Waals surface area contributed by atoms with Gasteiger partial charge in [0, 0.05) is 50.4 Å². The van der Waals surface area contributed by atoms with E-state index in [1.807, 2.05) is 6.20 Å². The summed E-state index contributed by atoms with van der Waals surface area (Å²) in [5.74, 6) is 0.852. The maximum atomic E-state index is 5.76. The number of hydrogen-bond donors (Lipinski definition) is 1. The van der Waals surface area contributed by atoms with Crippen LogP contribution in [0.25, 0.3) is 0 Å². The lowest BCUT2D eigenvalue weighted by atomic mass is 10.1. The number of aromatic nitrogens is 2. The molecule has 2 N–H and O–H groups in total. The van der Waals surface area contributed by atoms with E-state index in [0.717, 1.165) is 38.5 Å². The first-order chi connectivity index (χ1) is 7.72. The van der Waals surface area contributed by atoms with Crippen LogP contribution in [0.1, 0.15) is 11.3 Å². The van der Waals surface area contributed by atoms with Crippen molar-refractivity contribution in [1.29, 1.82) is 0 Å². The molecule has 2 aliphatic rings. The Balaban J connectivity index is 1.82. The summed E-state index contributed by atoms with van der Waals surface area (Å²) in [5.41, 5.74) is 8.24. The van der Waals surface area contributed by atoms with Gasteiger partial charge < -0.3 is 15.5 Å². The second-order valence-corrected chi connectivity index (χ2v) is 4.79. The summed E-state index contributed by atoms with van der Waals surface area (Å²) >= 11 is 0. The second-order valence-electron chi connectivity index (χ2n) is 4.79. The van der Waals surface area contributed by atoms with Crippen molar-refractivity contribution in [3.05, 3.63) is 17.5 Å². The van der Waals surface area contributed by atoms with E-state index in [2.05, 4.69) is 26.8 Å². The fourth-order valence-electron chi connectivity index (χ4n) is 2.28. The van der Waals surface area contributed by atoms with Crippen LogP contribution in [0.3, 0.4) is 0 Å². The molecule has 86 valence electrons. The fourth-order valence-corrected chi connectivity index (χ4v) is 2.28. The Labute approximate surface area is 95.3 Å². The predicted molar refractivity (Wildman–Crippen MR) is 62.3 cm³/mol. The van der Waals surface area contributed by atoms with Gasteiger partial charge in [0.15, 0.2) is 0 Å². The third-order valence-electron chi connectivity index (χ3n) is 3.30. The predicted octanol–water partition coefficient (Wildman–Crippen LogP) is -0.388. The van der Waals surface area contributed by atoms with Crippen LogP contribution in [0.5, 0.6) is 0 Å². The minimum atomic E-state index is 0.297. The van der Waals surface area contributed by atoms with Crippen molar-refractivity contribution in [2.75, 3.05) is 31.6 Å². The summed E-state index contributed by atoms with van der Waals surface area (Å²) in [4.78, 5) is 13.5. The van der Waals surface area contributed by atoms with E-state index in [0.29, 0.717) is 6.04 Å². The van der Waals surface area contributed by atoms with Crippen molar-refractivity contribution in [1.82, 2.24) is 14.9 Å². The van der Waals surface area contributed by atoms with Crippen molar-refractivity contribution >= 4 is 5.95 Å². The Hall–Kier alpha value is -1.20. The normalized spacial score (nSPS) is 21.8. The molecule has 0 saturated carbocycles. The molecule has 0 spiro atoms. The molecule has 16 heavy (non-hydrogen) atoms. The van der Waals surface area contributed by atoms with Gasteiger partial charge in [-0.3, -0.25) is 0 Å². The molecule has 0 amide bonds. The first-order valence-corrected chi connectivity index (χ1v) is 5.76. The number of anilines is 1. The topological polar surface area (TPSA) is 58.3 Å². The molecule has 3 heterocycles. The van der Waals surface area contributed by atoms with E-state index in [1.54, 1.807) is 0 Å². The van der Waals surface area contributed by atoms with Crippen LogP contribution in [0.15, 0.2) is 6.20 Å². The van der Waals surface area contributed by atoms with Crippen LogP contribution in [-0.4, -0.2) is 47.6 Å². The number of hydrogen-bond acceptors (Lipinski definition) is 5. The molecule has 0 aromatic carbocycles. The average Bonchev–Trinajstić information content (AvgIpc) is 2.24. The van der Waals surface area contributed by atoms with Gasteiger partial charge >= 0.3 is 0 Å². The molecule has 0 radical (unpaired) electrons.